The monoisotopic (exact) mass is 237 g/mol. The third-order valence-corrected chi connectivity index (χ3v) is 2.93. The molecule has 3 heteroatoms. The summed E-state index contributed by atoms with van der Waals surface area (Å²) in [6.45, 7) is 6.89. The lowest BCUT2D eigenvalue weighted by molar-refractivity contribution is -0.0316. The largest absolute Gasteiger partial charge is 0.389 e. The maximum Gasteiger partial charge on any atom is 0.103 e. The highest BCUT2D eigenvalue weighted by Gasteiger charge is 2.15. The van der Waals surface area contributed by atoms with Gasteiger partial charge in [0.2, 0.25) is 0 Å². The highest BCUT2D eigenvalue weighted by atomic mass is 32.1. The molecule has 0 amide bonds. The molecule has 88 valence electrons. The number of nitrogens with two attached hydrogens (primary N) is 1. The van der Waals surface area contributed by atoms with Crippen LogP contribution >= 0.6 is 12.2 Å². The molecule has 0 aliphatic heterocycles. The molecule has 0 aliphatic carbocycles. The van der Waals surface area contributed by atoms with Crippen molar-refractivity contribution in [1.82, 2.24) is 0 Å². The molecule has 0 saturated heterocycles. The Morgan fingerprint density at radius 3 is 2.69 bits per heavy atom. The van der Waals surface area contributed by atoms with E-state index in [0.29, 0.717) is 11.6 Å². The SMILES string of the molecule is CCC(C)(C)OCc1cccc(C(N)=S)c1. The van der Waals surface area contributed by atoms with Crippen LogP contribution in [0.2, 0.25) is 0 Å². The van der Waals surface area contributed by atoms with E-state index in [-0.39, 0.29) is 5.60 Å². The standard InChI is InChI=1S/C13H19NOS/c1-4-13(2,3)15-9-10-6-5-7-11(8-10)12(14)16/h5-8H,4,9H2,1-3H3,(H2,14,16). The lowest BCUT2D eigenvalue weighted by Crippen LogP contribution is -2.22. The van der Waals surface area contributed by atoms with Crippen LogP contribution in [0.1, 0.15) is 38.3 Å². The number of rotatable bonds is 5. The van der Waals surface area contributed by atoms with Crippen molar-refractivity contribution in [3.63, 3.8) is 0 Å². The molecule has 2 N–H and O–H groups in total. The van der Waals surface area contributed by atoms with Crippen molar-refractivity contribution in [2.24, 2.45) is 5.73 Å². The number of ether oxygens (including phenoxy) is 1. The van der Waals surface area contributed by atoms with Crippen molar-refractivity contribution < 1.29 is 4.74 Å². The van der Waals surface area contributed by atoms with Crippen molar-refractivity contribution >= 4 is 17.2 Å². The fourth-order valence-corrected chi connectivity index (χ4v) is 1.32. The van der Waals surface area contributed by atoms with Crippen LogP contribution in [-0.4, -0.2) is 10.6 Å². The predicted octanol–water partition coefficient (Wildman–Crippen LogP) is 3.03. The van der Waals surface area contributed by atoms with E-state index in [1.165, 1.54) is 0 Å². The molecule has 0 fully saturated rings. The van der Waals surface area contributed by atoms with Crippen LogP contribution in [-0.2, 0) is 11.3 Å². The van der Waals surface area contributed by atoms with Gasteiger partial charge in [0.15, 0.2) is 0 Å². The van der Waals surface area contributed by atoms with Crippen LogP contribution in [0.4, 0.5) is 0 Å². The Labute approximate surface area is 103 Å². The van der Waals surface area contributed by atoms with Crippen LogP contribution in [0.15, 0.2) is 24.3 Å². The number of hydrogen-bond donors (Lipinski definition) is 1. The lowest BCUT2D eigenvalue weighted by Gasteiger charge is -2.23. The van der Waals surface area contributed by atoms with Gasteiger partial charge in [0, 0.05) is 5.56 Å². The van der Waals surface area contributed by atoms with E-state index in [0.717, 1.165) is 17.5 Å². The lowest BCUT2D eigenvalue weighted by atomic mass is 10.1. The van der Waals surface area contributed by atoms with Crippen LogP contribution in [0, 0.1) is 0 Å². The molecule has 0 aliphatic rings. The summed E-state index contributed by atoms with van der Waals surface area (Å²) in [7, 11) is 0. The molecule has 0 spiro atoms. The molecule has 1 aromatic carbocycles. The van der Waals surface area contributed by atoms with Crippen LogP contribution in [0.5, 0.6) is 0 Å². The Hall–Kier alpha value is -0.930. The summed E-state index contributed by atoms with van der Waals surface area (Å²) >= 11 is 4.94. The average Bonchev–Trinajstić information content (AvgIpc) is 2.27. The molecular formula is C13H19NOS. The molecular weight excluding hydrogens is 218 g/mol. The van der Waals surface area contributed by atoms with Crippen molar-refractivity contribution in [2.45, 2.75) is 39.4 Å². The second kappa shape index (κ2) is 5.41. The summed E-state index contributed by atoms with van der Waals surface area (Å²) in [6, 6.07) is 7.87. The first-order valence-corrected chi connectivity index (χ1v) is 5.88. The third kappa shape index (κ3) is 3.91. The van der Waals surface area contributed by atoms with E-state index in [1.807, 2.05) is 24.3 Å². The zero-order valence-corrected chi connectivity index (χ0v) is 10.9. The second-order valence-electron chi connectivity index (χ2n) is 4.47. The average molecular weight is 237 g/mol. The van der Waals surface area contributed by atoms with Crippen molar-refractivity contribution in [3.8, 4) is 0 Å². The van der Waals surface area contributed by atoms with Gasteiger partial charge in [-0.25, -0.2) is 0 Å². The third-order valence-electron chi connectivity index (χ3n) is 2.69. The van der Waals surface area contributed by atoms with Crippen molar-refractivity contribution in [3.05, 3.63) is 35.4 Å². The Kier molecular flexibility index (Phi) is 4.44. The highest BCUT2D eigenvalue weighted by molar-refractivity contribution is 7.80. The predicted molar refractivity (Wildman–Crippen MR) is 71.5 cm³/mol. The second-order valence-corrected chi connectivity index (χ2v) is 4.91. The minimum absolute atomic E-state index is 0.0841. The zero-order chi connectivity index (χ0) is 12.2. The molecule has 0 saturated carbocycles. The van der Waals surface area contributed by atoms with Gasteiger partial charge in [0.1, 0.15) is 4.99 Å². The molecule has 1 aromatic rings. The summed E-state index contributed by atoms with van der Waals surface area (Å²) in [5.41, 5.74) is 7.49. The van der Waals surface area contributed by atoms with E-state index < -0.39 is 0 Å². The molecule has 16 heavy (non-hydrogen) atoms. The van der Waals surface area contributed by atoms with E-state index in [2.05, 4.69) is 20.8 Å². The first kappa shape index (κ1) is 13.1. The number of thiocarbonyl (C=S) groups is 1. The fourth-order valence-electron chi connectivity index (χ4n) is 1.20. The van der Waals surface area contributed by atoms with Gasteiger partial charge in [-0.3, -0.25) is 0 Å². The molecule has 1 rings (SSSR count). The van der Waals surface area contributed by atoms with Crippen LogP contribution < -0.4 is 5.73 Å². The summed E-state index contributed by atoms with van der Waals surface area (Å²) in [6.07, 6.45) is 0.988. The quantitative estimate of drug-likeness (QED) is 0.799. The molecule has 0 unspecified atom stereocenters. The van der Waals surface area contributed by atoms with Gasteiger partial charge in [-0.05, 0) is 31.9 Å². The number of benzene rings is 1. The fraction of sp³-hybridized carbons (Fsp3) is 0.462. The highest BCUT2D eigenvalue weighted by Crippen LogP contribution is 2.17. The minimum atomic E-state index is -0.0841. The first-order valence-electron chi connectivity index (χ1n) is 5.47. The van der Waals surface area contributed by atoms with Crippen molar-refractivity contribution in [2.75, 3.05) is 0 Å². The Morgan fingerprint density at radius 1 is 1.44 bits per heavy atom. The molecule has 2 nitrogen and oxygen atoms in total. The molecule has 0 heterocycles. The molecule has 0 bridgehead atoms. The van der Waals surface area contributed by atoms with E-state index in [4.69, 9.17) is 22.7 Å². The maximum atomic E-state index is 5.82. The molecule has 0 atom stereocenters. The van der Waals surface area contributed by atoms with Gasteiger partial charge in [0.05, 0.1) is 12.2 Å². The van der Waals surface area contributed by atoms with E-state index >= 15 is 0 Å². The summed E-state index contributed by atoms with van der Waals surface area (Å²) in [4.78, 5) is 0.427. The first-order chi connectivity index (χ1) is 7.44. The van der Waals surface area contributed by atoms with Gasteiger partial charge >= 0.3 is 0 Å². The van der Waals surface area contributed by atoms with Crippen molar-refractivity contribution in [1.29, 1.82) is 0 Å². The van der Waals surface area contributed by atoms with Gasteiger partial charge in [-0.2, -0.15) is 0 Å². The van der Waals surface area contributed by atoms with Crippen LogP contribution in [0.3, 0.4) is 0 Å². The normalized spacial score (nSPS) is 11.4. The summed E-state index contributed by atoms with van der Waals surface area (Å²) < 4.78 is 5.82. The number of hydrogen-bond acceptors (Lipinski definition) is 2. The van der Waals surface area contributed by atoms with E-state index in [9.17, 15) is 0 Å². The van der Waals surface area contributed by atoms with Gasteiger partial charge in [-0.1, -0.05) is 37.3 Å². The van der Waals surface area contributed by atoms with Gasteiger partial charge in [-0.15, -0.1) is 0 Å². The maximum absolute atomic E-state index is 5.82. The van der Waals surface area contributed by atoms with E-state index in [1.54, 1.807) is 0 Å². The smallest absolute Gasteiger partial charge is 0.103 e. The Morgan fingerprint density at radius 2 is 2.12 bits per heavy atom. The summed E-state index contributed by atoms with van der Waals surface area (Å²) in [5, 5.41) is 0. The Balaban J connectivity index is 2.68. The van der Waals surface area contributed by atoms with Gasteiger partial charge < -0.3 is 10.5 Å². The summed E-state index contributed by atoms with van der Waals surface area (Å²) in [5.74, 6) is 0. The Bertz CT molecular complexity index is 374. The topological polar surface area (TPSA) is 35.2 Å². The molecule has 0 radical (unpaired) electrons. The molecule has 0 aromatic heterocycles. The van der Waals surface area contributed by atoms with Crippen LogP contribution in [0.25, 0.3) is 0 Å². The zero-order valence-electron chi connectivity index (χ0n) is 10.1. The minimum Gasteiger partial charge on any atom is -0.389 e. The van der Waals surface area contributed by atoms with Gasteiger partial charge in [0.25, 0.3) is 0 Å².